The lowest BCUT2D eigenvalue weighted by atomic mass is 9.84. The summed E-state index contributed by atoms with van der Waals surface area (Å²) in [6.45, 7) is 0. The maximum atomic E-state index is 6.00. The Morgan fingerprint density at radius 2 is 2.00 bits per heavy atom. The van der Waals surface area contributed by atoms with Crippen LogP contribution < -0.4 is 5.73 Å². The van der Waals surface area contributed by atoms with Gasteiger partial charge in [0.15, 0.2) is 0 Å². The van der Waals surface area contributed by atoms with Gasteiger partial charge in [0.25, 0.3) is 0 Å². The summed E-state index contributed by atoms with van der Waals surface area (Å²) >= 11 is 5.96. The summed E-state index contributed by atoms with van der Waals surface area (Å²) in [5, 5.41) is 4.95. The highest BCUT2D eigenvalue weighted by molar-refractivity contribution is 6.30. The first-order valence-corrected chi connectivity index (χ1v) is 8.08. The third-order valence-corrected chi connectivity index (χ3v) is 5.51. The van der Waals surface area contributed by atoms with Crippen LogP contribution in [0.1, 0.15) is 31.4 Å². The molecule has 1 aromatic carbocycles. The van der Waals surface area contributed by atoms with Gasteiger partial charge in [0.1, 0.15) is 0 Å². The zero-order valence-electron chi connectivity index (χ0n) is 11.9. The number of fused-ring (bicyclic) bond motifs is 2. The van der Waals surface area contributed by atoms with Gasteiger partial charge in [-0.15, -0.1) is 0 Å². The molecule has 110 valence electrons. The highest BCUT2D eigenvalue weighted by Gasteiger charge is 2.40. The number of hydrogen-bond acceptors (Lipinski definition) is 3. The van der Waals surface area contributed by atoms with E-state index < -0.39 is 0 Å². The third-order valence-electron chi connectivity index (χ3n) is 5.26. The summed E-state index contributed by atoms with van der Waals surface area (Å²) in [6.07, 6.45) is 6.55. The summed E-state index contributed by atoms with van der Waals surface area (Å²) in [4.78, 5) is 0. The zero-order valence-corrected chi connectivity index (χ0v) is 12.6. The van der Waals surface area contributed by atoms with Crippen LogP contribution in [-0.2, 0) is 6.42 Å². The van der Waals surface area contributed by atoms with Gasteiger partial charge in [0.05, 0.1) is 11.3 Å². The van der Waals surface area contributed by atoms with Crippen LogP contribution in [0.15, 0.2) is 28.8 Å². The number of nitrogens with zero attached hydrogens (tertiary/aromatic N) is 1. The molecule has 3 unspecified atom stereocenters. The molecule has 0 aliphatic heterocycles. The molecule has 1 heterocycles. The molecule has 0 amide bonds. The second-order valence-corrected chi connectivity index (χ2v) is 6.95. The lowest BCUT2D eigenvalue weighted by Crippen LogP contribution is -2.13. The summed E-state index contributed by atoms with van der Waals surface area (Å²) in [5.41, 5.74) is 9.00. The molecule has 3 atom stereocenters. The molecule has 2 aromatic rings. The Bertz CT molecular complexity index is 649. The number of anilines is 1. The van der Waals surface area contributed by atoms with Gasteiger partial charge in [-0.2, -0.15) is 0 Å². The lowest BCUT2D eigenvalue weighted by molar-refractivity contribution is 0.322. The molecule has 2 fully saturated rings. The molecule has 2 aliphatic carbocycles. The maximum absolute atomic E-state index is 6.00. The van der Waals surface area contributed by atoms with E-state index in [-0.39, 0.29) is 0 Å². The Hall–Kier alpha value is -1.48. The molecule has 21 heavy (non-hydrogen) atoms. The van der Waals surface area contributed by atoms with E-state index >= 15 is 0 Å². The third kappa shape index (κ3) is 2.34. The number of nitrogens with two attached hydrogens (primary N) is 1. The van der Waals surface area contributed by atoms with Crippen molar-refractivity contribution < 1.29 is 4.52 Å². The van der Waals surface area contributed by atoms with Crippen molar-refractivity contribution in [2.45, 2.75) is 32.1 Å². The number of rotatable bonds is 3. The minimum absolute atomic E-state index is 0.412. The Balaban J connectivity index is 1.63. The van der Waals surface area contributed by atoms with Gasteiger partial charge in [-0.1, -0.05) is 35.3 Å². The fraction of sp³-hybridized carbons (Fsp3) is 0.471. The van der Waals surface area contributed by atoms with Crippen LogP contribution in [0, 0.1) is 17.8 Å². The Labute approximate surface area is 129 Å². The fourth-order valence-corrected chi connectivity index (χ4v) is 4.40. The number of halogens is 1. The molecule has 1 aromatic heterocycles. The zero-order chi connectivity index (χ0) is 14.4. The largest absolute Gasteiger partial charge is 0.367 e. The van der Waals surface area contributed by atoms with Gasteiger partial charge in [0.2, 0.25) is 5.88 Å². The van der Waals surface area contributed by atoms with E-state index in [0.29, 0.717) is 5.88 Å². The first-order chi connectivity index (χ1) is 10.2. The molecule has 2 N–H and O–H groups in total. The van der Waals surface area contributed by atoms with E-state index in [1.165, 1.54) is 25.7 Å². The van der Waals surface area contributed by atoms with Crippen LogP contribution >= 0.6 is 11.6 Å². The quantitative estimate of drug-likeness (QED) is 0.904. The summed E-state index contributed by atoms with van der Waals surface area (Å²) < 4.78 is 5.27. The average molecular weight is 303 g/mol. The Morgan fingerprint density at radius 3 is 2.67 bits per heavy atom. The molecular formula is C17H19ClN2O. The predicted octanol–water partition coefficient (Wildman–Crippen LogP) is 4.56. The van der Waals surface area contributed by atoms with Crippen molar-refractivity contribution in [3.05, 3.63) is 35.0 Å². The first kappa shape index (κ1) is 13.2. The smallest absolute Gasteiger partial charge is 0.230 e. The minimum atomic E-state index is 0.412. The van der Waals surface area contributed by atoms with E-state index in [0.717, 1.165) is 46.0 Å². The van der Waals surface area contributed by atoms with Crippen LogP contribution in [-0.4, -0.2) is 5.16 Å². The van der Waals surface area contributed by atoms with Crippen molar-refractivity contribution in [1.82, 2.24) is 5.16 Å². The molecule has 0 spiro atoms. The van der Waals surface area contributed by atoms with Crippen molar-refractivity contribution in [2.75, 3.05) is 5.73 Å². The topological polar surface area (TPSA) is 52.0 Å². The Kier molecular flexibility index (Phi) is 3.18. The monoisotopic (exact) mass is 302 g/mol. The van der Waals surface area contributed by atoms with Crippen molar-refractivity contribution in [1.29, 1.82) is 0 Å². The van der Waals surface area contributed by atoms with E-state index in [1.807, 2.05) is 24.3 Å². The maximum Gasteiger partial charge on any atom is 0.230 e. The summed E-state index contributed by atoms with van der Waals surface area (Å²) in [7, 11) is 0. The molecule has 4 rings (SSSR count). The molecule has 2 aliphatic rings. The SMILES string of the molecule is Nc1onc(CC2CC3CCC2C3)c1-c1ccc(Cl)cc1. The van der Waals surface area contributed by atoms with E-state index in [4.69, 9.17) is 21.9 Å². The van der Waals surface area contributed by atoms with Gasteiger partial charge in [-0.3, -0.25) is 0 Å². The van der Waals surface area contributed by atoms with Gasteiger partial charge < -0.3 is 10.3 Å². The van der Waals surface area contributed by atoms with Crippen LogP contribution in [0.3, 0.4) is 0 Å². The second kappa shape index (κ2) is 5.06. The molecule has 3 nitrogen and oxygen atoms in total. The highest BCUT2D eigenvalue weighted by atomic mass is 35.5. The van der Waals surface area contributed by atoms with Crippen LogP contribution in [0.4, 0.5) is 5.88 Å². The van der Waals surface area contributed by atoms with Crippen LogP contribution in [0.25, 0.3) is 11.1 Å². The lowest BCUT2D eigenvalue weighted by Gasteiger charge is -2.20. The van der Waals surface area contributed by atoms with Crippen LogP contribution in [0.2, 0.25) is 5.02 Å². The fourth-order valence-electron chi connectivity index (χ4n) is 4.28. The van der Waals surface area contributed by atoms with Gasteiger partial charge in [-0.25, -0.2) is 0 Å². The molecular weight excluding hydrogens is 284 g/mol. The van der Waals surface area contributed by atoms with Gasteiger partial charge in [0, 0.05) is 5.02 Å². The Morgan fingerprint density at radius 1 is 1.19 bits per heavy atom. The predicted molar refractivity (Wildman–Crippen MR) is 84.0 cm³/mol. The van der Waals surface area contributed by atoms with Gasteiger partial charge in [-0.05, 0) is 61.1 Å². The van der Waals surface area contributed by atoms with Crippen molar-refractivity contribution >= 4 is 17.5 Å². The number of nitrogen functional groups attached to an aromatic ring is 1. The molecule has 2 saturated carbocycles. The van der Waals surface area contributed by atoms with Gasteiger partial charge >= 0.3 is 0 Å². The van der Waals surface area contributed by atoms with Crippen LogP contribution in [0.5, 0.6) is 0 Å². The summed E-state index contributed by atoms with van der Waals surface area (Å²) in [6, 6.07) is 7.72. The number of benzene rings is 1. The van der Waals surface area contributed by atoms with E-state index in [9.17, 15) is 0 Å². The molecule has 0 radical (unpaired) electrons. The normalized spacial score (nSPS) is 27.4. The standard InChI is InChI=1S/C17H19ClN2O/c18-14-5-3-11(4-6-14)16-15(20-21-17(16)19)9-13-8-10-1-2-12(13)7-10/h3-6,10,12-13H,1-2,7-9,19H2. The van der Waals surface area contributed by atoms with E-state index in [2.05, 4.69) is 5.16 Å². The minimum Gasteiger partial charge on any atom is -0.367 e. The van der Waals surface area contributed by atoms with Crippen molar-refractivity contribution in [3.63, 3.8) is 0 Å². The molecule has 0 saturated heterocycles. The average Bonchev–Trinajstić information content (AvgIpc) is 3.17. The highest BCUT2D eigenvalue weighted by Crippen LogP contribution is 2.50. The molecule has 2 bridgehead atoms. The number of aromatic nitrogens is 1. The van der Waals surface area contributed by atoms with Crippen molar-refractivity contribution in [2.24, 2.45) is 17.8 Å². The van der Waals surface area contributed by atoms with Crippen molar-refractivity contribution in [3.8, 4) is 11.1 Å². The number of hydrogen-bond donors (Lipinski definition) is 1. The van der Waals surface area contributed by atoms with E-state index in [1.54, 1.807) is 0 Å². The first-order valence-electron chi connectivity index (χ1n) is 7.70. The second-order valence-electron chi connectivity index (χ2n) is 6.51. The molecule has 4 heteroatoms. The summed E-state index contributed by atoms with van der Waals surface area (Å²) in [5.74, 6) is 2.99.